The predicted octanol–water partition coefficient (Wildman–Crippen LogP) is 3.79. The molecule has 29 heavy (non-hydrogen) atoms. The Hall–Kier alpha value is -2.25. The van der Waals surface area contributed by atoms with E-state index >= 15 is 0 Å². The van der Waals surface area contributed by atoms with Crippen molar-refractivity contribution in [3.63, 3.8) is 0 Å². The molecule has 1 fully saturated rings. The molecule has 0 N–H and O–H groups in total. The van der Waals surface area contributed by atoms with Gasteiger partial charge in [0.15, 0.2) is 0 Å². The summed E-state index contributed by atoms with van der Waals surface area (Å²) < 4.78 is 14.9. The van der Waals surface area contributed by atoms with Gasteiger partial charge in [0, 0.05) is 37.2 Å². The molecule has 7 heteroatoms. The van der Waals surface area contributed by atoms with Crippen LogP contribution in [0.1, 0.15) is 33.6 Å². The SMILES string of the molecule is O=C1c2ccccc2C(=O)N1CCCCN1CCN(c2ccc(Br)cc2F)CC1. The highest BCUT2D eigenvalue weighted by molar-refractivity contribution is 9.10. The summed E-state index contributed by atoms with van der Waals surface area (Å²) in [5.41, 5.74) is 1.67. The van der Waals surface area contributed by atoms with Gasteiger partial charge >= 0.3 is 0 Å². The minimum atomic E-state index is -0.200. The number of hydrogen-bond acceptors (Lipinski definition) is 4. The van der Waals surface area contributed by atoms with Crippen molar-refractivity contribution >= 4 is 33.4 Å². The maximum Gasteiger partial charge on any atom is 0.261 e. The molecule has 2 heterocycles. The van der Waals surface area contributed by atoms with Crippen LogP contribution >= 0.6 is 15.9 Å². The van der Waals surface area contributed by atoms with Crippen molar-refractivity contribution in [1.82, 2.24) is 9.80 Å². The molecule has 0 aliphatic carbocycles. The third kappa shape index (κ3) is 4.21. The van der Waals surface area contributed by atoms with Crippen LogP contribution in [-0.2, 0) is 0 Å². The summed E-state index contributed by atoms with van der Waals surface area (Å²) in [7, 11) is 0. The second-order valence-electron chi connectivity index (χ2n) is 7.44. The van der Waals surface area contributed by atoms with Crippen LogP contribution < -0.4 is 4.90 Å². The number of carbonyl (C=O) groups excluding carboxylic acids is 2. The lowest BCUT2D eigenvalue weighted by Crippen LogP contribution is -2.47. The van der Waals surface area contributed by atoms with Gasteiger partial charge in [0.25, 0.3) is 11.8 Å². The molecule has 0 saturated carbocycles. The number of carbonyl (C=O) groups is 2. The Morgan fingerprint density at radius 1 is 0.862 bits per heavy atom. The minimum absolute atomic E-state index is 0.185. The Morgan fingerprint density at radius 3 is 2.10 bits per heavy atom. The average Bonchev–Trinajstić information content (AvgIpc) is 2.97. The van der Waals surface area contributed by atoms with E-state index in [4.69, 9.17) is 0 Å². The topological polar surface area (TPSA) is 43.9 Å². The third-order valence-electron chi connectivity index (χ3n) is 5.61. The molecular formula is C22H23BrFN3O2. The first-order valence-corrected chi connectivity index (χ1v) is 10.7. The second-order valence-corrected chi connectivity index (χ2v) is 8.35. The van der Waals surface area contributed by atoms with Crippen molar-refractivity contribution in [2.45, 2.75) is 12.8 Å². The van der Waals surface area contributed by atoms with E-state index in [1.165, 1.54) is 11.0 Å². The number of fused-ring (bicyclic) bond motifs is 1. The summed E-state index contributed by atoms with van der Waals surface area (Å²) in [5.74, 6) is -0.569. The van der Waals surface area contributed by atoms with Gasteiger partial charge in [-0.3, -0.25) is 19.4 Å². The van der Waals surface area contributed by atoms with Gasteiger partial charge < -0.3 is 4.90 Å². The van der Waals surface area contributed by atoms with Gasteiger partial charge in [0.05, 0.1) is 16.8 Å². The average molecular weight is 460 g/mol. The molecule has 1 saturated heterocycles. The zero-order chi connectivity index (χ0) is 20.4. The molecular weight excluding hydrogens is 437 g/mol. The highest BCUT2D eigenvalue weighted by atomic mass is 79.9. The predicted molar refractivity (Wildman–Crippen MR) is 114 cm³/mol. The number of hydrogen-bond donors (Lipinski definition) is 0. The van der Waals surface area contributed by atoms with Crippen LogP contribution in [0.25, 0.3) is 0 Å². The quantitative estimate of drug-likeness (QED) is 0.486. The molecule has 0 bridgehead atoms. The monoisotopic (exact) mass is 459 g/mol. The van der Waals surface area contributed by atoms with Gasteiger partial charge in [-0.05, 0) is 49.7 Å². The van der Waals surface area contributed by atoms with Gasteiger partial charge in [0.1, 0.15) is 5.82 Å². The first-order chi connectivity index (χ1) is 14.0. The number of imide groups is 1. The number of rotatable bonds is 6. The smallest absolute Gasteiger partial charge is 0.261 e. The number of piperazine rings is 1. The van der Waals surface area contributed by atoms with Crippen molar-refractivity contribution in [3.05, 3.63) is 63.9 Å². The largest absolute Gasteiger partial charge is 0.367 e. The molecule has 152 valence electrons. The fraction of sp³-hybridized carbons (Fsp3) is 0.364. The van der Waals surface area contributed by atoms with E-state index in [0.717, 1.165) is 50.0 Å². The van der Waals surface area contributed by atoms with E-state index in [2.05, 4.69) is 25.7 Å². The lowest BCUT2D eigenvalue weighted by molar-refractivity contribution is 0.0650. The van der Waals surface area contributed by atoms with Crippen LogP contribution in [-0.4, -0.2) is 60.9 Å². The van der Waals surface area contributed by atoms with Crippen molar-refractivity contribution in [1.29, 1.82) is 0 Å². The maximum absolute atomic E-state index is 14.1. The third-order valence-corrected chi connectivity index (χ3v) is 6.10. The Labute approximate surface area is 178 Å². The molecule has 0 unspecified atom stereocenters. The lowest BCUT2D eigenvalue weighted by atomic mass is 10.1. The van der Waals surface area contributed by atoms with Gasteiger partial charge in [0.2, 0.25) is 0 Å². The fourth-order valence-corrected chi connectivity index (χ4v) is 4.33. The first-order valence-electron chi connectivity index (χ1n) is 9.92. The van der Waals surface area contributed by atoms with Gasteiger partial charge in [-0.15, -0.1) is 0 Å². The Kier molecular flexibility index (Phi) is 5.96. The van der Waals surface area contributed by atoms with E-state index in [1.54, 1.807) is 24.3 Å². The zero-order valence-corrected chi connectivity index (χ0v) is 17.7. The van der Waals surface area contributed by atoms with Crippen LogP contribution in [0.4, 0.5) is 10.1 Å². The number of amides is 2. The summed E-state index contributed by atoms with van der Waals surface area (Å²) >= 11 is 3.29. The number of unbranched alkanes of at least 4 members (excludes halogenated alkanes) is 1. The Morgan fingerprint density at radius 2 is 1.48 bits per heavy atom. The van der Waals surface area contributed by atoms with Crippen LogP contribution in [0.5, 0.6) is 0 Å². The molecule has 5 nitrogen and oxygen atoms in total. The lowest BCUT2D eigenvalue weighted by Gasteiger charge is -2.36. The van der Waals surface area contributed by atoms with Crippen molar-refractivity contribution in [2.24, 2.45) is 0 Å². The van der Waals surface area contributed by atoms with E-state index in [9.17, 15) is 14.0 Å². The highest BCUT2D eigenvalue weighted by Crippen LogP contribution is 2.25. The van der Waals surface area contributed by atoms with Crippen LogP contribution in [0.2, 0.25) is 0 Å². The molecule has 2 aromatic rings. The van der Waals surface area contributed by atoms with E-state index in [-0.39, 0.29) is 17.6 Å². The summed E-state index contributed by atoms with van der Waals surface area (Å²) in [6.45, 7) is 4.70. The zero-order valence-electron chi connectivity index (χ0n) is 16.1. The van der Waals surface area contributed by atoms with Crippen LogP contribution in [0, 0.1) is 5.82 Å². The van der Waals surface area contributed by atoms with Crippen molar-refractivity contribution in [2.75, 3.05) is 44.2 Å². The van der Waals surface area contributed by atoms with Crippen LogP contribution in [0.3, 0.4) is 0 Å². The molecule has 2 aromatic carbocycles. The molecule has 0 spiro atoms. The number of anilines is 1. The molecule has 4 rings (SSSR count). The molecule has 2 aliphatic heterocycles. The molecule has 0 aromatic heterocycles. The minimum Gasteiger partial charge on any atom is -0.367 e. The van der Waals surface area contributed by atoms with E-state index in [1.807, 2.05) is 12.1 Å². The van der Waals surface area contributed by atoms with Gasteiger partial charge in [-0.2, -0.15) is 0 Å². The summed E-state index contributed by atoms with van der Waals surface area (Å²) in [6.07, 6.45) is 1.70. The highest BCUT2D eigenvalue weighted by Gasteiger charge is 2.34. The molecule has 2 aliphatic rings. The summed E-state index contributed by atoms with van der Waals surface area (Å²) in [5, 5.41) is 0. The standard InChI is InChI=1S/C22H23BrFN3O2/c23-16-7-8-20(19(24)15-16)26-13-11-25(12-14-26)9-3-4-10-27-21(28)17-5-1-2-6-18(17)22(27)29/h1-2,5-8,15H,3-4,9-14H2. The van der Waals surface area contributed by atoms with E-state index < -0.39 is 0 Å². The maximum atomic E-state index is 14.1. The number of nitrogens with zero attached hydrogens (tertiary/aromatic N) is 3. The second kappa shape index (κ2) is 8.63. The normalized spacial score (nSPS) is 17.2. The van der Waals surface area contributed by atoms with Gasteiger partial charge in [-0.1, -0.05) is 28.1 Å². The number of halogens is 2. The summed E-state index contributed by atoms with van der Waals surface area (Å²) in [4.78, 5) is 30.6. The Bertz CT molecular complexity index is 893. The fourth-order valence-electron chi connectivity index (χ4n) is 4.00. The molecule has 0 radical (unpaired) electrons. The summed E-state index contributed by atoms with van der Waals surface area (Å²) in [6, 6.07) is 12.2. The molecule has 2 amide bonds. The first kappa shape index (κ1) is 20.0. The van der Waals surface area contributed by atoms with Crippen molar-refractivity contribution in [3.8, 4) is 0 Å². The Balaban J connectivity index is 1.21. The van der Waals surface area contributed by atoms with Crippen LogP contribution in [0.15, 0.2) is 46.9 Å². The van der Waals surface area contributed by atoms with Crippen molar-refractivity contribution < 1.29 is 14.0 Å². The van der Waals surface area contributed by atoms with Gasteiger partial charge in [-0.25, -0.2) is 4.39 Å². The molecule has 0 atom stereocenters. The number of benzene rings is 2. The van der Waals surface area contributed by atoms with E-state index in [0.29, 0.717) is 23.4 Å².